The number of unbranched alkanes of at least 4 members (excludes halogenated alkanes) is 6. The van der Waals surface area contributed by atoms with Crippen LogP contribution in [0.15, 0.2) is 24.3 Å². The van der Waals surface area contributed by atoms with E-state index in [1.54, 1.807) is 12.1 Å². The molecule has 0 spiro atoms. The number of rotatable bonds is 12. The average molecular weight is 318 g/mol. The van der Waals surface area contributed by atoms with Gasteiger partial charge in [-0.1, -0.05) is 69.7 Å². The second-order valence-corrected chi connectivity index (χ2v) is 5.90. The van der Waals surface area contributed by atoms with Crippen LogP contribution in [0.25, 0.3) is 0 Å². The van der Waals surface area contributed by atoms with Crippen molar-refractivity contribution in [3.05, 3.63) is 35.4 Å². The molecular formula is C19H26O4. The maximum absolute atomic E-state index is 11.8. The lowest BCUT2D eigenvalue weighted by atomic mass is 10.0. The van der Waals surface area contributed by atoms with Gasteiger partial charge in [0.05, 0.1) is 6.42 Å². The van der Waals surface area contributed by atoms with E-state index in [-0.39, 0.29) is 0 Å². The minimum absolute atomic E-state index is 0.392. The van der Waals surface area contributed by atoms with Gasteiger partial charge in [0.2, 0.25) is 5.78 Å². The first-order chi connectivity index (χ1) is 11.0. The summed E-state index contributed by atoms with van der Waals surface area (Å²) >= 11 is 0. The van der Waals surface area contributed by atoms with Crippen LogP contribution in [-0.4, -0.2) is 22.6 Å². The van der Waals surface area contributed by atoms with Crippen LogP contribution in [0.4, 0.5) is 0 Å². The van der Waals surface area contributed by atoms with Gasteiger partial charge in [0.25, 0.3) is 0 Å². The fraction of sp³-hybridized carbons (Fsp3) is 0.526. The largest absolute Gasteiger partial charge is 0.475 e. The van der Waals surface area contributed by atoms with Gasteiger partial charge in [0.1, 0.15) is 0 Å². The first kappa shape index (κ1) is 19.1. The molecule has 0 aliphatic carbocycles. The van der Waals surface area contributed by atoms with E-state index >= 15 is 0 Å². The fourth-order valence-corrected chi connectivity index (χ4v) is 2.47. The molecule has 0 saturated carbocycles. The van der Waals surface area contributed by atoms with Crippen molar-refractivity contribution in [1.82, 2.24) is 0 Å². The summed E-state index contributed by atoms with van der Waals surface area (Å²) in [5, 5.41) is 8.51. The van der Waals surface area contributed by atoms with Gasteiger partial charge in [0.15, 0.2) is 5.78 Å². The summed E-state index contributed by atoms with van der Waals surface area (Å²) in [6.45, 7) is 2.21. The number of carbonyl (C=O) groups excluding carboxylic acids is 2. The molecule has 0 aliphatic heterocycles. The summed E-state index contributed by atoms with van der Waals surface area (Å²) < 4.78 is 0. The molecule has 0 aliphatic rings. The normalized spacial score (nSPS) is 10.5. The van der Waals surface area contributed by atoms with Gasteiger partial charge in [-0.15, -0.1) is 0 Å². The summed E-state index contributed by atoms with van der Waals surface area (Å²) in [5.41, 5.74) is 1.56. The van der Waals surface area contributed by atoms with Gasteiger partial charge in [0, 0.05) is 5.56 Å². The van der Waals surface area contributed by atoms with E-state index in [4.69, 9.17) is 5.11 Å². The number of carboxylic acids is 1. The lowest BCUT2D eigenvalue weighted by Gasteiger charge is -2.04. The SMILES string of the molecule is CCCCCCCCCc1ccc(C(=O)CC(=O)C(=O)O)cc1. The van der Waals surface area contributed by atoms with Gasteiger partial charge in [-0.3, -0.25) is 9.59 Å². The molecule has 0 radical (unpaired) electrons. The molecule has 0 unspecified atom stereocenters. The third-order valence-electron chi connectivity index (χ3n) is 3.90. The second-order valence-electron chi connectivity index (χ2n) is 5.90. The number of aliphatic carboxylic acids is 1. The molecule has 1 rings (SSSR count). The zero-order valence-corrected chi connectivity index (χ0v) is 13.8. The first-order valence-corrected chi connectivity index (χ1v) is 8.43. The highest BCUT2D eigenvalue weighted by molar-refractivity contribution is 6.37. The first-order valence-electron chi connectivity index (χ1n) is 8.43. The highest BCUT2D eigenvalue weighted by Crippen LogP contribution is 2.12. The van der Waals surface area contributed by atoms with Gasteiger partial charge >= 0.3 is 5.97 Å². The van der Waals surface area contributed by atoms with Crippen molar-refractivity contribution in [3.63, 3.8) is 0 Å². The Morgan fingerprint density at radius 2 is 1.43 bits per heavy atom. The van der Waals surface area contributed by atoms with Crippen LogP contribution in [0.5, 0.6) is 0 Å². The summed E-state index contributed by atoms with van der Waals surface area (Å²) in [4.78, 5) is 33.3. The summed E-state index contributed by atoms with van der Waals surface area (Å²) in [7, 11) is 0. The van der Waals surface area contributed by atoms with Gasteiger partial charge in [-0.05, 0) is 18.4 Å². The van der Waals surface area contributed by atoms with Crippen molar-refractivity contribution in [2.24, 2.45) is 0 Å². The van der Waals surface area contributed by atoms with Crippen LogP contribution in [-0.2, 0) is 16.0 Å². The molecule has 0 aromatic heterocycles. The summed E-state index contributed by atoms with van der Waals surface area (Å²) in [5.74, 6) is -3.07. The Bertz CT molecular complexity index is 517. The maximum atomic E-state index is 11.8. The molecule has 0 bridgehead atoms. The smallest absolute Gasteiger partial charge is 0.372 e. The number of Topliss-reactive ketones (excluding diaryl/α,β-unsaturated/α-hetero) is 2. The van der Waals surface area contributed by atoms with Crippen LogP contribution >= 0.6 is 0 Å². The number of carboxylic acid groups (broad SMARTS) is 1. The quantitative estimate of drug-likeness (QED) is 0.271. The number of aryl methyl sites for hydroxylation is 1. The van der Waals surface area contributed by atoms with Crippen LogP contribution in [0.3, 0.4) is 0 Å². The van der Waals surface area contributed by atoms with Crippen LogP contribution in [0.2, 0.25) is 0 Å². The Hall–Kier alpha value is -1.97. The minimum Gasteiger partial charge on any atom is -0.475 e. The van der Waals surface area contributed by atoms with Crippen LogP contribution in [0, 0.1) is 0 Å². The summed E-state index contributed by atoms with van der Waals surface area (Å²) in [6.07, 6.45) is 9.25. The van der Waals surface area contributed by atoms with Crippen molar-refractivity contribution in [1.29, 1.82) is 0 Å². The van der Waals surface area contributed by atoms with Gasteiger partial charge in [-0.2, -0.15) is 0 Å². The maximum Gasteiger partial charge on any atom is 0.372 e. The van der Waals surface area contributed by atoms with E-state index in [2.05, 4.69) is 6.92 Å². The third kappa shape index (κ3) is 7.73. The topological polar surface area (TPSA) is 71.4 Å². The molecule has 0 heterocycles. The van der Waals surface area contributed by atoms with E-state index in [0.29, 0.717) is 5.56 Å². The predicted octanol–water partition coefficient (Wildman–Crippen LogP) is 4.21. The van der Waals surface area contributed by atoms with Crippen molar-refractivity contribution in [3.8, 4) is 0 Å². The standard InChI is InChI=1S/C19H26O4/c1-2-3-4-5-6-7-8-9-15-10-12-16(13-11-15)17(20)14-18(21)19(22)23/h10-13H,2-9,14H2,1H3,(H,22,23). The molecule has 0 atom stereocenters. The number of carbonyl (C=O) groups is 3. The van der Waals surface area contributed by atoms with Crippen LogP contribution in [0.1, 0.15) is 74.2 Å². The zero-order valence-electron chi connectivity index (χ0n) is 13.8. The summed E-state index contributed by atoms with van der Waals surface area (Å²) in [6, 6.07) is 7.12. The Kier molecular flexibility index (Phi) is 8.88. The lowest BCUT2D eigenvalue weighted by Crippen LogP contribution is -2.17. The van der Waals surface area contributed by atoms with Gasteiger partial charge < -0.3 is 5.11 Å². The number of hydrogen-bond acceptors (Lipinski definition) is 3. The molecule has 0 fully saturated rings. The average Bonchev–Trinajstić information content (AvgIpc) is 2.54. The van der Waals surface area contributed by atoms with Crippen molar-refractivity contribution >= 4 is 17.5 Å². The van der Waals surface area contributed by atoms with Crippen molar-refractivity contribution < 1.29 is 19.5 Å². The molecule has 1 aromatic carbocycles. The Labute approximate surface area is 137 Å². The molecule has 0 saturated heterocycles. The molecule has 1 N–H and O–H groups in total. The van der Waals surface area contributed by atoms with E-state index in [9.17, 15) is 14.4 Å². The second kappa shape index (κ2) is 10.7. The number of ketones is 2. The fourth-order valence-electron chi connectivity index (χ4n) is 2.47. The van der Waals surface area contributed by atoms with E-state index in [1.165, 1.54) is 44.1 Å². The molecular weight excluding hydrogens is 292 g/mol. The van der Waals surface area contributed by atoms with Crippen molar-refractivity contribution in [2.75, 3.05) is 0 Å². The van der Waals surface area contributed by atoms with E-state index in [1.807, 2.05) is 12.1 Å². The minimum atomic E-state index is -1.56. The predicted molar refractivity (Wildman–Crippen MR) is 89.7 cm³/mol. The zero-order chi connectivity index (χ0) is 17.1. The molecule has 126 valence electrons. The third-order valence-corrected chi connectivity index (χ3v) is 3.90. The van der Waals surface area contributed by atoms with E-state index < -0.39 is 24.0 Å². The van der Waals surface area contributed by atoms with Crippen molar-refractivity contribution in [2.45, 2.75) is 64.7 Å². The monoisotopic (exact) mass is 318 g/mol. The highest BCUT2D eigenvalue weighted by Gasteiger charge is 2.17. The number of hydrogen-bond donors (Lipinski definition) is 1. The molecule has 4 heteroatoms. The molecule has 0 amide bonds. The Morgan fingerprint density at radius 3 is 2.00 bits per heavy atom. The van der Waals surface area contributed by atoms with E-state index in [0.717, 1.165) is 12.8 Å². The Balaban J connectivity index is 2.31. The molecule has 4 nitrogen and oxygen atoms in total. The number of benzene rings is 1. The van der Waals surface area contributed by atoms with Gasteiger partial charge in [-0.25, -0.2) is 4.79 Å². The highest BCUT2D eigenvalue weighted by atomic mass is 16.4. The van der Waals surface area contributed by atoms with Crippen LogP contribution < -0.4 is 0 Å². The molecule has 23 heavy (non-hydrogen) atoms. The lowest BCUT2D eigenvalue weighted by molar-refractivity contribution is -0.148. The Morgan fingerprint density at radius 1 is 0.870 bits per heavy atom. The molecule has 1 aromatic rings.